The Labute approximate surface area is 133 Å². The van der Waals surface area contributed by atoms with Crippen LogP contribution in [0.2, 0.25) is 0 Å². The Morgan fingerprint density at radius 2 is 1.94 bits per heavy atom. The van der Waals surface area contributed by atoms with Crippen LogP contribution in [0.5, 0.6) is 0 Å². The van der Waals surface area contributed by atoms with Crippen LogP contribution in [0.4, 0.5) is 0 Å². The molecule has 1 aromatic rings. The van der Waals surface area contributed by atoms with Crippen molar-refractivity contribution in [3.63, 3.8) is 0 Å². The first-order valence-electron chi connectivity index (χ1n) is 5.68. The Kier molecular flexibility index (Phi) is 6.35. The summed E-state index contributed by atoms with van der Waals surface area (Å²) in [6, 6.07) is 5.62. The summed E-state index contributed by atoms with van der Waals surface area (Å²) in [5.41, 5.74) is 1.51. The zero-order valence-electron chi connectivity index (χ0n) is 10.4. The average molecular weight is 442 g/mol. The molecule has 0 aliphatic heterocycles. The predicted molar refractivity (Wildman–Crippen MR) is 87.0 cm³/mol. The molecule has 0 fully saturated rings. The third-order valence-corrected chi connectivity index (χ3v) is 6.02. The number of aryl methyl sites for hydroxylation is 1. The van der Waals surface area contributed by atoms with Crippen LogP contribution in [0.15, 0.2) is 22.7 Å². The number of carbonyl (C=O) groups excluding carboxylic acids is 1. The zero-order valence-corrected chi connectivity index (χ0v) is 15.2. The molecule has 0 radical (unpaired) electrons. The first-order chi connectivity index (χ1) is 8.48. The van der Waals surface area contributed by atoms with Gasteiger partial charge < -0.3 is 5.32 Å². The summed E-state index contributed by atoms with van der Waals surface area (Å²) in [7, 11) is 0. The van der Waals surface area contributed by atoms with Gasteiger partial charge in [0.05, 0.1) is 5.54 Å². The number of alkyl halides is 2. The lowest BCUT2D eigenvalue weighted by atomic mass is 10.0. The van der Waals surface area contributed by atoms with E-state index < -0.39 is 0 Å². The van der Waals surface area contributed by atoms with Crippen molar-refractivity contribution in [2.45, 2.75) is 25.8 Å². The lowest BCUT2D eigenvalue weighted by Crippen LogP contribution is -2.51. The number of rotatable bonds is 5. The quantitative estimate of drug-likeness (QED) is 0.673. The maximum Gasteiger partial charge on any atom is 0.251 e. The number of hydrogen-bond acceptors (Lipinski definition) is 1. The summed E-state index contributed by atoms with van der Waals surface area (Å²) in [5.74, 6) is -0.0358. The second kappa shape index (κ2) is 7.06. The molecule has 0 heterocycles. The monoisotopic (exact) mass is 439 g/mol. The van der Waals surface area contributed by atoms with Crippen LogP contribution in [0.1, 0.15) is 29.3 Å². The topological polar surface area (TPSA) is 29.1 Å². The third kappa shape index (κ3) is 3.81. The van der Waals surface area contributed by atoms with Gasteiger partial charge in [0.15, 0.2) is 0 Å². The lowest BCUT2D eigenvalue weighted by molar-refractivity contribution is 0.0915. The molecule has 100 valence electrons. The smallest absolute Gasteiger partial charge is 0.251 e. The van der Waals surface area contributed by atoms with Gasteiger partial charge in [-0.05, 0) is 37.1 Å². The Morgan fingerprint density at radius 1 is 1.33 bits per heavy atom. The Balaban J connectivity index is 2.90. The van der Waals surface area contributed by atoms with Gasteiger partial charge >= 0.3 is 0 Å². The van der Waals surface area contributed by atoms with Crippen molar-refractivity contribution >= 4 is 53.7 Å². The van der Waals surface area contributed by atoms with Crippen LogP contribution < -0.4 is 5.32 Å². The molecule has 0 bridgehead atoms. The molecular weight excluding hydrogens is 426 g/mol. The van der Waals surface area contributed by atoms with Crippen LogP contribution >= 0.6 is 47.8 Å². The van der Waals surface area contributed by atoms with E-state index in [1.165, 1.54) is 0 Å². The molecular formula is C13H16Br3NO. The van der Waals surface area contributed by atoms with E-state index in [4.69, 9.17) is 0 Å². The molecule has 0 saturated heterocycles. The van der Waals surface area contributed by atoms with E-state index in [-0.39, 0.29) is 11.4 Å². The Morgan fingerprint density at radius 3 is 2.39 bits per heavy atom. The van der Waals surface area contributed by atoms with Crippen molar-refractivity contribution in [2.75, 3.05) is 10.7 Å². The highest BCUT2D eigenvalue weighted by Gasteiger charge is 2.28. The highest BCUT2D eigenvalue weighted by Crippen LogP contribution is 2.20. The third-order valence-electron chi connectivity index (χ3n) is 2.99. The van der Waals surface area contributed by atoms with Gasteiger partial charge in [-0.3, -0.25) is 4.79 Å². The molecule has 2 nitrogen and oxygen atoms in total. The van der Waals surface area contributed by atoms with Gasteiger partial charge in [0, 0.05) is 20.7 Å². The molecule has 0 aromatic heterocycles. The number of nitrogens with one attached hydrogen (secondary N) is 1. The second-order valence-electron chi connectivity index (χ2n) is 4.32. The van der Waals surface area contributed by atoms with E-state index in [0.29, 0.717) is 5.56 Å². The van der Waals surface area contributed by atoms with Gasteiger partial charge in [-0.1, -0.05) is 54.7 Å². The van der Waals surface area contributed by atoms with E-state index >= 15 is 0 Å². The summed E-state index contributed by atoms with van der Waals surface area (Å²) < 4.78 is 1.02. The van der Waals surface area contributed by atoms with Gasteiger partial charge in [-0.25, -0.2) is 0 Å². The van der Waals surface area contributed by atoms with Crippen molar-refractivity contribution in [1.29, 1.82) is 0 Å². The molecule has 0 spiro atoms. The summed E-state index contributed by atoms with van der Waals surface area (Å²) in [4.78, 5) is 12.2. The van der Waals surface area contributed by atoms with Crippen molar-refractivity contribution in [1.82, 2.24) is 5.32 Å². The molecule has 0 aliphatic carbocycles. The van der Waals surface area contributed by atoms with E-state index in [1.807, 2.05) is 25.1 Å². The first-order valence-corrected chi connectivity index (χ1v) is 8.72. The molecule has 1 rings (SSSR count). The Bertz CT molecular complexity index is 422. The van der Waals surface area contributed by atoms with Crippen LogP contribution in [-0.4, -0.2) is 22.1 Å². The standard InChI is InChI=1S/C13H16Br3NO/c1-3-13(7-14,8-15)17-12(18)10-4-5-11(16)9(2)6-10/h4-6H,3,7-8H2,1-2H3,(H,17,18). The zero-order chi connectivity index (χ0) is 13.8. The molecule has 0 atom stereocenters. The van der Waals surface area contributed by atoms with Crippen molar-refractivity contribution < 1.29 is 4.79 Å². The van der Waals surface area contributed by atoms with Crippen LogP contribution in [0.25, 0.3) is 0 Å². The second-order valence-corrected chi connectivity index (χ2v) is 6.30. The highest BCUT2D eigenvalue weighted by molar-refractivity contribution is 9.10. The molecule has 5 heteroatoms. The molecule has 0 aliphatic rings. The summed E-state index contributed by atoms with van der Waals surface area (Å²) in [5, 5.41) is 4.54. The van der Waals surface area contributed by atoms with Crippen LogP contribution in [-0.2, 0) is 0 Å². The summed E-state index contributed by atoms with van der Waals surface area (Å²) in [6.45, 7) is 4.04. The minimum absolute atomic E-state index is 0.0358. The molecule has 1 amide bonds. The number of hydrogen-bond donors (Lipinski definition) is 1. The van der Waals surface area contributed by atoms with Crippen LogP contribution in [0.3, 0.4) is 0 Å². The van der Waals surface area contributed by atoms with E-state index in [0.717, 1.165) is 27.1 Å². The molecule has 18 heavy (non-hydrogen) atoms. The van der Waals surface area contributed by atoms with Gasteiger partial charge in [-0.15, -0.1) is 0 Å². The van der Waals surface area contributed by atoms with Gasteiger partial charge in [0.1, 0.15) is 0 Å². The fourth-order valence-corrected chi connectivity index (χ4v) is 3.73. The van der Waals surface area contributed by atoms with Gasteiger partial charge in [-0.2, -0.15) is 0 Å². The number of benzene rings is 1. The van der Waals surface area contributed by atoms with E-state index in [9.17, 15) is 4.79 Å². The number of amides is 1. The number of halogens is 3. The van der Waals surface area contributed by atoms with Crippen molar-refractivity contribution in [3.8, 4) is 0 Å². The minimum atomic E-state index is -0.238. The predicted octanol–water partition coefficient (Wildman–Crippen LogP) is 4.43. The van der Waals surface area contributed by atoms with E-state index in [1.54, 1.807) is 0 Å². The van der Waals surface area contributed by atoms with Gasteiger partial charge in [0.25, 0.3) is 5.91 Å². The van der Waals surface area contributed by atoms with E-state index in [2.05, 4.69) is 60.0 Å². The molecule has 0 saturated carbocycles. The number of carbonyl (C=O) groups is 1. The first kappa shape index (κ1) is 16.2. The SMILES string of the molecule is CCC(CBr)(CBr)NC(=O)c1ccc(Br)c(C)c1. The average Bonchev–Trinajstić information content (AvgIpc) is 2.39. The summed E-state index contributed by atoms with van der Waals surface area (Å²) >= 11 is 10.4. The maximum absolute atomic E-state index is 12.2. The normalized spacial score (nSPS) is 11.4. The Hall–Kier alpha value is 0.130. The molecule has 1 aromatic carbocycles. The molecule has 0 unspecified atom stereocenters. The largest absolute Gasteiger partial charge is 0.345 e. The lowest BCUT2D eigenvalue weighted by Gasteiger charge is -2.30. The minimum Gasteiger partial charge on any atom is -0.345 e. The fraction of sp³-hybridized carbons (Fsp3) is 0.462. The summed E-state index contributed by atoms with van der Waals surface area (Å²) in [6.07, 6.45) is 0.866. The fourth-order valence-electron chi connectivity index (χ4n) is 1.48. The van der Waals surface area contributed by atoms with Crippen molar-refractivity contribution in [2.24, 2.45) is 0 Å². The highest BCUT2D eigenvalue weighted by atomic mass is 79.9. The van der Waals surface area contributed by atoms with Crippen LogP contribution in [0, 0.1) is 6.92 Å². The van der Waals surface area contributed by atoms with Crippen molar-refractivity contribution in [3.05, 3.63) is 33.8 Å². The maximum atomic E-state index is 12.2. The van der Waals surface area contributed by atoms with Gasteiger partial charge in [0.2, 0.25) is 0 Å². The molecule has 1 N–H and O–H groups in total.